The molecule has 0 unspecified atom stereocenters. The maximum absolute atomic E-state index is 13.2. The lowest BCUT2D eigenvalue weighted by atomic mass is 10.1. The van der Waals surface area contributed by atoms with Crippen molar-refractivity contribution < 1.29 is 26.4 Å². The zero-order valence-corrected chi connectivity index (χ0v) is 21.1. The van der Waals surface area contributed by atoms with Crippen LogP contribution >= 0.6 is 0 Å². The van der Waals surface area contributed by atoms with Crippen molar-refractivity contribution in [1.82, 2.24) is 0 Å². The van der Waals surface area contributed by atoms with Crippen LogP contribution in [-0.2, 0) is 19.7 Å². The molecule has 9 heteroatoms. The first-order chi connectivity index (χ1) is 16.1. The Labute approximate surface area is 200 Å². The van der Waals surface area contributed by atoms with E-state index < -0.39 is 24.1 Å². The Morgan fingerprint density at radius 1 is 0.853 bits per heavy atom. The third-order valence-corrected chi connectivity index (χ3v) is 9.83. The van der Waals surface area contributed by atoms with Crippen LogP contribution in [0, 0.1) is 13.8 Å². The Morgan fingerprint density at radius 3 is 2.24 bits per heavy atom. The minimum Gasteiger partial charge on any atom is -0.494 e. The number of unbranched alkanes of at least 4 members (excludes halogenated alkanes) is 3. The van der Waals surface area contributed by atoms with Crippen molar-refractivity contribution in [2.24, 2.45) is 0 Å². The highest BCUT2D eigenvalue weighted by molar-refractivity contribution is 8.31. The standard InChI is InChI=1S/C25H28N2O5S2/c1-4-5-6-7-14-32-22-11-9-21-17-23(12-10-20(21)16-22)33(28,29)25(27-26)34(30,31)24-13-8-18(2)15-19(24)3/h8-13,15-17H,4-7,14H2,1-3H3. The van der Waals surface area contributed by atoms with Crippen LogP contribution in [0.3, 0.4) is 0 Å². The van der Waals surface area contributed by atoms with Gasteiger partial charge in [0.1, 0.15) is 5.75 Å². The molecule has 34 heavy (non-hydrogen) atoms. The summed E-state index contributed by atoms with van der Waals surface area (Å²) in [6.07, 6.45) is 4.37. The molecule has 0 saturated carbocycles. The fourth-order valence-electron chi connectivity index (χ4n) is 3.73. The largest absolute Gasteiger partial charge is 0.504 e. The van der Waals surface area contributed by atoms with Crippen molar-refractivity contribution >= 4 is 34.8 Å². The number of rotatable bonds is 8. The summed E-state index contributed by atoms with van der Waals surface area (Å²) in [5, 5.41) is 1.32. The van der Waals surface area contributed by atoms with E-state index in [0.717, 1.165) is 36.6 Å². The number of sulfone groups is 2. The Bertz CT molecular complexity index is 1470. The number of fused-ring (bicyclic) bond motifs is 1. The van der Waals surface area contributed by atoms with Crippen LogP contribution in [0.25, 0.3) is 16.3 Å². The maximum atomic E-state index is 13.2. The molecule has 0 amide bonds. The van der Waals surface area contributed by atoms with Crippen molar-refractivity contribution in [3.8, 4) is 5.75 Å². The smallest absolute Gasteiger partial charge is 0.494 e. The molecular weight excluding hydrogens is 472 g/mol. The van der Waals surface area contributed by atoms with Crippen LogP contribution in [0.2, 0.25) is 0 Å². The SMILES string of the molecule is CCCCCCOc1ccc2cc(S(=O)(=O)C(=[N+]=[N-])S(=O)(=O)c3ccc(C)cc3C)ccc2c1. The minimum absolute atomic E-state index is 0.226. The van der Waals surface area contributed by atoms with Gasteiger partial charge in [-0.05, 0) is 66.9 Å². The van der Waals surface area contributed by atoms with Gasteiger partial charge in [-0.25, -0.2) is 16.8 Å². The van der Waals surface area contributed by atoms with Crippen LogP contribution in [0.1, 0.15) is 43.7 Å². The van der Waals surface area contributed by atoms with E-state index in [1.54, 1.807) is 50.2 Å². The number of aryl methyl sites for hydroxylation is 2. The molecule has 0 atom stereocenters. The second kappa shape index (κ2) is 10.5. The molecule has 0 radical (unpaired) electrons. The summed E-state index contributed by atoms with van der Waals surface area (Å²) in [5.41, 5.74) is 10.6. The molecule has 0 aromatic heterocycles. The highest BCUT2D eigenvalue weighted by atomic mass is 32.3. The van der Waals surface area contributed by atoms with Gasteiger partial charge in [-0.15, -0.1) is 4.79 Å². The number of benzene rings is 3. The summed E-state index contributed by atoms with van der Waals surface area (Å²) < 4.78 is 57.1. The van der Waals surface area contributed by atoms with Crippen molar-refractivity contribution in [3.05, 3.63) is 71.3 Å². The van der Waals surface area contributed by atoms with Gasteiger partial charge in [-0.3, -0.25) is 0 Å². The van der Waals surface area contributed by atoms with E-state index in [2.05, 4.69) is 11.7 Å². The first kappa shape index (κ1) is 25.6. The average molecular weight is 501 g/mol. The third-order valence-electron chi connectivity index (χ3n) is 5.52. The van der Waals surface area contributed by atoms with Gasteiger partial charge in [0.2, 0.25) is 0 Å². The van der Waals surface area contributed by atoms with Crippen molar-refractivity contribution in [1.29, 1.82) is 0 Å². The molecule has 180 valence electrons. The topological polar surface area (TPSA) is 114 Å². The van der Waals surface area contributed by atoms with E-state index >= 15 is 0 Å². The van der Waals surface area contributed by atoms with Gasteiger partial charge >= 0.3 is 4.38 Å². The van der Waals surface area contributed by atoms with Gasteiger partial charge in [0.05, 0.1) is 16.4 Å². The minimum atomic E-state index is -4.63. The molecule has 7 nitrogen and oxygen atoms in total. The summed E-state index contributed by atoms with van der Waals surface area (Å²) in [6, 6.07) is 14.0. The van der Waals surface area contributed by atoms with Gasteiger partial charge in [0.15, 0.2) is 0 Å². The van der Waals surface area contributed by atoms with E-state index in [9.17, 15) is 22.4 Å². The van der Waals surface area contributed by atoms with Gasteiger partial charge in [0.25, 0.3) is 19.7 Å². The number of ether oxygens (including phenoxy) is 1. The van der Waals surface area contributed by atoms with E-state index in [-0.39, 0.29) is 9.79 Å². The highest BCUT2D eigenvalue weighted by Crippen LogP contribution is 2.27. The molecule has 0 heterocycles. The fourth-order valence-corrected chi connectivity index (χ4v) is 7.30. The Balaban J connectivity index is 1.92. The van der Waals surface area contributed by atoms with Crippen LogP contribution in [0.4, 0.5) is 0 Å². The quantitative estimate of drug-likeness (QED) is 0.138. The molecule has 3 aromatic rings. The lowest BCUT2D eigenvalue weighted by Gasteiger charge is -2.09. The van der Waals surface area contributed by atoms with E-state index in [0.29, 0.717) is 23.3 Å². The zero-order chi connectivity index (χ0) is 24.9. The molecule has 0 bridgehead atoms. The maximum Gasteiger partial charge on any atom is 0.504 e. The number of hydrogen-bond acceptors (Lipinski definition) is 5. The van der Waals surface area contributed by atoms with Gasteiger partial charge in [-0.2, -0.15) is 0 Å². The van der Waals surface area contributed by atoms with Gasteiger partial charge in [-0.1, -0.05) is 56.0 Å². The zero-order valence-electron chi connectivity index (χ0n) is 19.5. The highest BCUT2D eigenvalue weighted by Gasteiger charge is 2.44. The summed E-state index contributed by atoms with van der Waals surface area (Å²) in [5.74, 6) is 0.676. The van der Waals surface area contributed by atoms with E-state index in [4.69, 9.17) is 4.74 Å². The molecule has 3 rings (SSSR count). The lowest BCUT2D eigenvalue weighted by Crippen LogP contribution is -2.26. The number of nitrogens with zero attached hydrogens (tertiary/aromatic N) is 2. The summed E-state index contributed by atoms with van der Waals surface area (Å²) in [7, 11) is -9.22. The molecule has 0 aliphatic carbocycles. The molecule has 0 aliphatic heterocycles. The first-order valence-corrected chi connectivity index (χ1v) is 14.0. The van der Waals surface area contributed by atoms with Crippen molar-refractivity contribution in [2.75, 3.05) is 6.61 Å². The molecule has 3 aromatic carbocycles. The van der Waals surface area contributed by atoms with E-state index in [1.807, 2.05) is 0 Å². The lowest BCUT2D eigenvalue weighted by molar-refractivity contribution is 0.00380. The van der Waals surface area contributed by atoms with Crippen LogP contribution in [0.5, 0.6) is 5.75 Å². The Hall–Kier alpha value is -3.00. The van der Waals surface area contributed by atoms with Gasteiger partial charge < -0.3 is 10.3 Å². The summed E-state index contributed by atoms with van der Waals surface area (Å²) in [6.45, 7) is 6.09. The predicted octanol–water partition coefficient (Wildman–Crippen LogP) is 5.25. The molecule has 0 N–H and O–H groups in total. The van der Waals surface area contributed by atoms with Crippen LogP contribution in [-0.4, -0.2) is 32.6 Å². The van der Waals surface area contributed by atoms with Crippen molar-refractivity contribution in [2.45, 2.75) is 56.2 Å². The molecule has 0 aliphatic rings. The summed E-state index contributed by atoms with van der Waals surface area (Å²) in [4.78, 5) is 2.21. The first-order valence-electron chi connectivity index (χ1n) is 11.1. The summed E-state index contributed by atoms with van der Waals surface area (Å²) >= 11 is 0. The van der Waals surface area contributed by atoms with Gasteiger partial charge in [0, 0.05) is 0 Å². The predicted molar refractivity (Wildman–Crippen MR) is 132 cm³/mol. The van der Waals surface area contributed by atoms with Crippen molar-refractivity contribution in [3.63, 3.8) is 0 Å². The van der Waals surface area contributed by atoms with E-state index in [1.165, 1.54) is 18.2 Å². The Morgan fingerprint density at radius 2 is 1.56 bits per heavy atom. The molecule has 0 fully saturated rings. The van der Waals surface area contributed by atoms with Crippen LogP contribution < -0.4 is 4.74 Å². The normalized spacial score (nSPS) is 11.9. The average Bonchev–Trinajstić information content (AvgIpc) is 2.78. The van der Waals surface area contributed by atoms with Crippen LogP contribution in [0.15, 0.2) is 64.4 Å². The molecule has 0 spiro atoms. The monoisotopic (exact) mass is 500 g/mol. The second-order valence-corrected chi connectivity index (χ2v) is 12.2. The third kappa shape index (κ3) is 5.38. The molecular formula is C25H28N2O5S2. The number of hydrogen-bond donors (Lipinski definition) is 0. The second-order valence-electron chi connectivity index (χ2n) is 8.22. The Kier molecular flexibility index (Phi) is 7.92. The fraction of sp³-hybridized carbons (Fsp3) is 0.320. The molecule has 0 saturated heterocycles.